The summed E-state index contributed by atoms with van der Waals surface area (Å²) in [5, 5.41) is 39.0. The first kappa shape index (κ1) is 38.6. The van der Waals surface area contributed by atoms with Crippen LogP contribution < -0.4 is 20.3 Å². The maximum atomic E-state index is 12.9. The van der Waals surface area contributed by atoms with Crippen LogP contribution in [-0.2, 0) is 34.4 Å². The number of carboxylic acid groups (broad SMARTS) is 2. The topological polar surface area (TPSA) is 202 Å². The van der Waals surface area contributed by atoms with Gasteiger partial charge in [0.25, 0.3) is 5.91 Å². The fourth-order valence-electron chi connectivity index (χ4n) is 5.53. The number of anilines is 2. The van der Waals surface area contributed by atoms with Gasteiger partial charge in [-0.3, -0.25) is 25.6 Å². The van der Waals surface area contributed by atoms with Crippen LogP contribution in [0, 0.1) is 0 Å². The molecule has 284 valence electrons. The predicted octanol–water partition coefficient (Wildman–Crippen LogP) is 9.11. The van der Waals surface area contributed by atoms with Crippen molar-refractivity contribution in [1.29, 1.82) is 0 Å². The average molecular weight is 759 g/mol. The molecule has 0 saturated carbocycles. The highest BCUT2D eigenvalue weighted by Gasteiger charge is 2.18. The molecule has 14 heteroatoms. The van der Waals surface area contributed by atoms with Gasteiger partial charge in [-0.1, -0.05) is 36.4 Å². The monoisotopic (exact) mass is 758 g/mol. The van der Waals surface area contributed by atoms with E-state index in [-0.39, 0.29) is 36.5 Å². The molecule has 0 aliphatic carbocycles. The van der Waals surface area contributed by atoms with Gasteiger partial charge in [-0.05, 0) is 125 Å². The van der Waals surface area contributed by atoms with Gasteiger partial charge in [0.15, 0.2) is 0 Å². The Balaban J connectivity index is 0.989. The van der Waals surface area contributed by atoms with E-state index in [1.54, 1.807) is 54.6 Å². The van der Waals surface area contributed by atoms with Crippen molar-refractivity contribution in [2.75, 3.05) is 10.8 Å². The fraction of sp³-hybridized carbons (Fsp3) is 0.0714. The standard InChI is InChI=1S/C42H34N2O12/c45-40(39-21-26(23-53-50)1-20-38(39)42(48)49)43-32-8-16-36(17-9-32)55-34-12-4-27(5-13-34)28-6-14-35(15-7-28)56-37-18-10-33(11-19-37)44-52-24-31-22-29(41(46)47)2-3-30(31)25-54-51/h1-22,44,50-51H,23-25H2,(H,43,45)(H,46,47)(H,48,49). The first-order valence-electron chi connectivity index (χ1n) is 16.9. The molecule has 14 nitrogen and oxygen atoms in total. The second kappa shape index (κ2) is 18.3. The number of nitrogens with one attached hydrogen (secondary N) is 2. The summed E-state index contributed by atoms with van der Waals surface area (Å²) in [4.78, 5) is 49.7. The lowest BCUT2D eigenvalue weighted by molar-refractivity contribution is -0.253. The van der Waals surface area contributed by atoms with Gasteiger partial charge in [0.05, 0.1) is 22.4 Å². The molecule has 1 amide bonds. The van der Waals surface area contributed by atoms with Crippen molar-refractivity contribution < 1.29 is 59.2 Å². The number of ether oxygens (including phenoxy) is 2. The number of aromatic carboxylic acids is 2. The Labute approximate surface area is 319 Å². The number of hydrogen-bond donors (Lipinski definition) is 6. The molecule has 0 atom stereocenters. The van der Waals surface area contributed by atoms with Crippen LogP contribution >= 0.6 is 0 Å². The van der Waals surface area contributed by atoms with Gasteiger partial charge in [-0.15, -0.1) is 0 Å². The smallest absolute Gasteiger partial charge is 0.336 e. The summed E-state index contributed by atoms with van der Waals surface area (Å²) in [6, 6.07) is 37.3. The van der Waals surface area contributed by atoms with E-state index in [9.17, 15) is 24.6 Å². The van der Waals surface area contributed by atoms with E-state index in [1.165, 1.54) is 30.3 Å². The molecule has 0 radical (unpaired) electrons. The zero-order valence-electron chi connectivity index (χ0n) is 29.4. The molecule has 6 rings (SSSR count). The number of carbonyl (C=O) groups excluding carboxylic acids is 1. The number of rotatable bonds is 17. The maximum Gasteiger partial charge on any atom is 0.336 e. The normalized spacial score (nSPS) is 10.8. The van der Waals surface area contributed by atoms with E-state index in [1.807, 2.05) is 48.5 Å². The summed E-state index contributed by atoms with van der Waals surface area (Å²) in [6.07, 6.45) is 0. The van der Waals surface area contributed by atoms with Gasteiger partial charge in [-0.2, -0.15) is 0 Å². The molecular formula is C42H34N2O12. The summed E-state index contributed by atoms with van der Waals surface area (Å²) in [5.41, 5.74) is 7.19. The van der Waals surface area contributed by atoms with Gasteiger partial charge in [0.1, 0.15) is 42.8 Å². The summed E-state index contributed by atoms with van der Waals surface area (Å²) in [7, 11) is 0. The number of amides is 1. The second-order valence-electron chi connectivity index (χ2n) is 12.2. The molecule has 0 aromatic heterocycles. The van der Waals surface area contributed by atoms with Gasteiger partial charge in [0, 0.05) is 5.69 Å². The highest BCUT2D eigenvalue weighted by Crippen LogP contribution is 2.30. The molecule has 56 heavy (non-hydrogen) atoms. The summed E-state index contributed by atoms with van der Waals surface area (Å²) in [5.74, 6) is -0.619. The molecule has 6 aromatic carbocycles. The lowest BCUT2D eigenvalue weighted by atomic mass is 10.0. The molecular weight excluding hydrogens is 724 g/mol. The lowest BCUT2D eigenvalue weighted by Gasteiger charge is -2.12. The minimum Gasteiger partial charge on any atom is -0.478 e. The van der Waals surface area contributed by atoms with Crippen molar-refractivity contribution in [1.82, 2.24) is 0 Å². The van der Waals surface area contributed by atoms with Crippen LogP contribution in [0.1, 0.15) is 47.8 Å². The van der Waals surface area contributed by atoms with Crippen molar-refractivity contribution >= 4 is 29.2 Å². The molecule has 6 N–H and O–H groups in total. The van der Waals surface area contributed by atoms with Crippen LogP contribution in [0.25, 0.3) is 11.1 Å². The number of carboxylic acids is 2. The van der Waals surface area contributed by atoms with E-state index >= 15 is 0 Å². The van der Waals surface area contributed by atoms with E-state index in [2.05, 4.69) is 20.6 Å². The van der Waals surface area contributed by atoms with Gasteiger partial charge >= 0.3 is 11.9 Å². The van der Waals surface area contributed by atoms with E-state index in [0.717, 1.165) is 11.1 Å². The number of hydrogen-bond acceptors (Lipinski definition) is 11. The number of benzene rings is 6. The maximum absolute atomic E-state index is 12.9. The summed E-state index contributed by atoms with van der Waals surface area (Å²) >= 11 is 0. The second-order valence-corrected chi connectivity index (χ2v) is 12.2. The van der Waals surface area contributed by atoms with E-state index in [4.69, 9.17) is 24.8 Å². The Kier molecular flexibility index (Phi) is 12.6. The molecule has 0 fully saturated rings. The minimum absolute atomic E-state index is 0.0266. The Hall–Kier alpha value is -7.07. The van der Waals surface area contributed by atoms with E-state index in [0.29, 0.717) is 51.1 Å². The van der Waals surface area contributed by atoms with E-state index < -0.39 is 17.8 Å². The van der Waals surface area contributed by atoms with Crippen LogP contribution in [0.15, 0.2) is 133 Å². The quantitative estimate of drug-likeness (QED) is 0.0380. The summed E-state index contributed by atoms with van der Waals surface area (Å²) in [6.45, 7) is -0.284. The van der Waals surface area contributed by atoms with Crippen LogP contribution in [0.2, 0.25) is 0 Å². The van der Waals surface area contributed by atoms with Crippen molar-refractivity contribution in [3.63, 3.8) is 0 Å². The average Bonchev–Trinajstić information content (AvgIpc) is 3.20. The SMILES string of the molecule is O=C(O)c1ccc(COO)c(CONc2ccc(Oc3ccc(-c4ccc(Oc5ccc(NC(=O)c6cc(COO)ccc6C(=O)O)cc5)cc4)cc3)cc2)c1. The van der Waals surface area contributed by atoms with Crippen LogP contribution in [0.5, 0.6) is 23.0 Å². The molecule has 0 unspecified atom stereocenters. The Morgan fingerprint density at radius 3 is 1.55 bits per heavy atom. The fourth-order valence-corrected chi connectivity index (χ4v) is 5.53. The highest BCUT2D eigenvalue weighted by molar-refractivity contribution is 6.10. The molecule has 6 aromatic rings. The van der Waals surface area contributed by atoms with Gasteiger partial charge in [0.2, 0.25) is 0 Å². The van der Waals surface area contributed by atoms with Crippen LogP contribution in [0.4, 0.5) is 11.4 Å². The van der Waals surface area contributed by atoms with Crippen molar-refractivity contribution in [2.45, 2.75) is 19.8 Å². The van der Waals surface area contributed by atoms with Crippen LogP contribution in [0.3, 0.4) is 0 Å². The largest absolute Gasteiger partial charge is 0.478 e. The Morgan fingerprint density at radius 1 is 0.500 bits per heavy atom. The molecule has 0 bridgehead atoms. The molecule has 0 spiro atoms. The minimum atomic E-state index is -1.26. The van der Waals surface area contributed by atoms with Gasteiger partial charge in [-0.25, -0.2) is 19.4 Å². The van der Waals surface area contributed by atoms with Crippen molar-refractivity contribution in [3.8, 4) is 34.1 Å². The van der Waals surface area contributed by atoms with Crippen molar-refractivity contribution in [2.24, 2.45) is 0 Å². The predicted molar refractivity (Wildman–Crippen MR) is 203 cm³/mol. The Bertz CT molecular complexity index is 2290. The zero-order valence-corrected chi connectivity index (χ0v) is 29.4. The van der Waals surface area contributed by atoms with Crippen molar-refractivity contribution in [3.05, 3.63) is 167 Å². The molecule has 0 aliphatic rings. The summed E-state index contributed by atoms with van der Waals surface area (Å²) < 4.78 is 12.0. The first-order chi connectivity index (χ1) is 27.2. The third-order valence-corrected chi connectivity index (χ3v) is 8.36. The molecule has 0 aliphatic heterocycles. The number of carbonyl (C=O) groups is 3. The lowest BCUT2D eigenvalue weighted by Crippen LogP contribution is -2.17. The third kappa shape index (κ3) is 10.1. The zero-order chi connectivity index (χ0) is 39.4. The van der Waals surface area contributed by atoms with Crippen LogP contribution in [-0.4, -0.2) is 38.6 Å². The Morgan fingerprint density at radius 2 is 1.04 bits per heavy atom. The molecule has 0 heterocycles. The first-order valence-corrected chi connectivity index (χ1v) is 16.9. The highest BCUT2D eigenvalue weighted by atomic mass is 17.1. The third-order valence-electron chi connectivity index (χ3n) is 8.36. The molecule has 0 saturated heterocycles. The van der Waals surface area contributed by atoms with Gasteiger partial charge < -0.3 is 25.0 Å².